The van der Waals surface area contributed by atoms with E-state index in [1.807, 2.05) is 6.92 Å². The third-order valence-corrected chi connectivity index (χ3v) is 2.68. The van der Waals surface area contributed by atoms with Gasteiger partial charge in [-0.15, -0.1) is 0 Å². The summed E-state index contributed by atoms with van der Waals surface area (Å²) >= 11 is 0. The molecule has 1 unspecified atom stereocenters. The number of hydrogen-bond acceptors (Lipinski definition) is 5. The molecule has 0 aromatic carbocycles. The summed E-state index contributed by atoms with van der Waals surface area (Å²) in [6.45, 7) is 7.54. The lowest BCUT2D eigenvalue weighted by Crippen LogP contribution is -2.24. The largest absolute Gasteiger partial charge is 0.379 e. The van der Waals surface area contributed by atoms with Crippen molar-refractivity contribution in [3.05, 3.63) is 17.7 Å². The number of carbonyl (C=O) groups is 1. The number of ether oxygens (including phenoxy) is 1. The highest BCUT2D eigenvalue weighted by Crippen LogP contribution is 2.16. The molecule has 6 heteroatoms. The van der Waals surface area contributed by atoms with Crippen LogP contribution in [-0.4, -0.2) is 35.1 Å². The van der Waals surface area contributed by atoms with E-state index in [4.69, 9.17) is 10.5 Å². The Hall–Kier alpha value is -1.69. The number of hydrogen-bond donors (Lipinski definition) is 2. The van der Waals surface area contributed by atoms with E-state index >= 15 is 0 Å². The Morgan fingerprint density at radius 2 is 2.20 bits per heavy atom. The maximum Gasteiger partial charge on any atom is 0.269 e. The zero-order valence-corrected chi connectivity index (χ0v) is 12.5. The summed E-state index contributed by atoms with van der Waals surface area (Å²) in [7, 11) is 0. The molecule has 0 spiro atoms. The van der Waals surface area contributed by atoms with Crippen LogP contribution in [0.1, 0.15) is 49.9 Å². The van der Waals surface area contributed by atoms with Crippen molar-refractivity contribution in [1.29, 1.82) is 0 Å². The van der Waals surface area contributed by atoms with Crippen molar-refractivity contribution >= 4 is 11.6 Å². The first-order valence-corrected chi connectivity index (χ1v) is 7.12. The van der Waals surface area contributed by atoms with Crippen LogP contribution in [0.25, 0.3) is 0 Å². The summed E-state index contributed by atoms with van der Waals surface area (Å²) in [6, 6.07) is 0.198. The first kappa shape index (κ1) is 16.4. The highest BCUT2D eigenvalue weighted by Gasteiger charge is 2.19. The summed E-state index contributed by atoms with van der Waals surface area (Å²) in [5, 5.41) is 3.19. The van der Waals surface area contributed by atoms with Crippen LogP contribution < -0.4 is 11.1 Å². The van der Waals surface area contributed by atoms with E-state index in [9.17, 15) is 4.79 Å². The standard InChI is InChI=1S/C11H16N4O2.C3H8/c1-2-9-13-5-8(10(15-9)11(12)16)14-7-3-4-17-6-7;1-3-2/h5,7,14H,2-4,6H2,1H3,(H2,12,16);3H2,1-2H3. The van der Waals surface area contributed by atoms with Crippen LogP contribution in [0.15, 0.2) is 6.20 Å². The zero-order valence-electron chi connectivity index (χ0n) is 12.5. The number of aromatic nitrogens is 2. The molecular formula is C14H24N4O2. The van der Waals surface area contributed by atoms with Crippen molar-refractivity contribution in [2.24, 2.45) is 5.73 Å². The fourth-order valence-corrected chi connectivity index (χ4v) is 1.75. The van der Waals surface area contributed by atoms with Crippen LogP contribution in [0.5, 0.6) is 0 Å². The van der Waals surface area contributed by atoms with Crippen LogP contribution >= 0.6 is 0 Å². The van der Waals surface area contributed by atoms with Gasteiger partial charge in [0, 0.05) is 13.0 Å². The molecule has 1 amide bonds. The van der Waals surface area contributed by atoms with Crippen molar-refractivity contribution in [1.82, 2.24) is 9.97 Å². The molecule has 20 heavy (non-hydrogen) atoms. The summed E-state index contributed by atoms with van der Waals surface area (Å²) in [4.78, 5) is 19.6. The molecule has 6 nitrogen and oxygen atoms in total. The van der Waals surface area contributed by atoms with Crippen molar-refractivity contribution in [2.45, 2.75) is 46.1 Å². The van der Waals surface area contributed by atoms with E-state index in [2.05, 4.69) is 29.1 Å². The first-order chi connectivity index (χ1) is 9.62. The molecule has 1 aromatic rings. The Kier molecular flexibility index (Phi) is 6.93. The van der Waals surface area contributed by atoms with E-state index in [-0.39, 0.29) is 11.7 Å². The van der Waals surface area contributed by atoms with Crippen molar-refractivity contribution in [3.63, 3.8) is 0 Å². The number of aryl methyl sites for hydroxylation is 1. The average molecular weight is 280 g/mol. The number of nitrogens with zero attached hydrogens (tertiary/aromatic N) is 2. The number of amides is 1. The van der Waals surface area contributed by atoms with Gasteiger partial charge in [0.05, 0.1) is 24.5 Å². The lowest BCUT2D eigenvalue weighted by atomic mass is 10.2. The van der Waals surface area contributed by atoms with Crippen LogP contribution in [-0.2, 0) is 11.2 Å². The van der Waals surface area contributed by atoms with Crippen LogP contribution in [0.2, 0.25) is 0 Å². The lowest BCUT2D eigenvalue weighted by Gasteiger charge is -2.14. The number of nitrogens with one attached hydrogen (secondary N) is 1. The molecule has 2 heterocycles. The van der Waals surface area contributed by atoms with Crippen LogP contribution in [0, 0.1) is 0 Å². The van der Waals surface area contributed by atoms with Gasteiger partial charge in [-0.2, -0.15) is 0 Å². The molecule has 1 aliphatic heterocycles. The normalized spacial score (nSPS) is 17.2. The lowest BCUT2D eigenvalue weighted by molar-refractivity contribution is 0.0996. The topological polar surface area (TPSA) is 90.1 Å². The Bertz CT molecular complexity index is 431. The van der Waals surface area contributed by atoms with E-state index in [0.717, 1.165) is 13.0 Å². The maximum absolute atomic E-state index is 11.3. The summed E-state index contributed by atoms with van der Waals surface area (Å²) in [5.74, 6) is 0.0792. The number of carbonyl (C=O) groups excluding carboxylic acids is 1. The van der Waals surface area contributed by atoms with Gasteiger partial charge >= 0.3 is 0 Å². The molecule has 1 aliphatic rings. The Morgan fingerprint density at radius 1 is 1.50 bits per heavy atom. The van der Waals surface area contributed by atoms with E-state index in [0.29, 0.717) is 24.5 Å². The fourth-order valence-electron chi connectivity index (χ4n) is 1.75. The summed E-state index contributed by atoms with van der Waals surface area (Å²) < 4.78 is 5.26. The van der Waals surface area contributed by atoms with Gasteiger partial charge in [-0.05, 0) is 6.42 Å². The van der Waals surface area contributed by atoms with Gasteiger partial charge in [0.25, 0.3) is 5.91 Å². The summed E-state index contributed by atoms with van der Waals surface area (Å²) in [5.41, 5.74) is 6.15. The minimum atomic E-state index is -0.538. The monoisotopic (exact) mass is 280 g/mol. The minimum absolute atomic E-state index is 0.198. The Morgan fingerprint density at radius 3 is 2.70 bits per heavy atom. The Balaban J connectivity index is 0.000000612. The van der Waals surface area contributed by atoms with Crippen molar-refractivity contribution in [2.75, 3.05) is 18.5 Å². The van der Waals surface area contributed by atoms with E-state index < -0.39 is 5.91 Å². The second-order valence-electron chi connectivity index (χ2n) is 4.68. The molecule has 3 N–H and O–H groups in total. The highest BCUT2D eigenvalue weighted by atomic mass is 16.5. The van der Waals surface area contributed by atoms with Gasteiger partial charge in [0.15, 0.2) is 5.69 Å². The molecule has 0 radical (unpaired) electrons. The van der Waals surface area contributed by atoms with Gasteiger partial charge in [0.2, 0.25) is 0 Å². The third kappa shape index (κ3) is 4.77. The number of rotatable bonds is 4. The van der Waals surface area contributed by atoms with Crippen molar-refractivity contribution in [3.8, 4) is 0 Å². The number of anilines is 1. The predicted molar refractivity (Wildman–Crippen MR) is 78.7 cm³/mol. The fraction of sp³-hybridized carbons (Fsp3) is 0.643. The van der Waals surface area contributed by atoms with Gasteiger partial charge in [0.1, 0.15) is 5.82 Å². The summed E-state index contributed by atoms with van der Waals surface area (Å²) in [6.07, 6.45) is 4.45. The van der Waals surface area contributed by atoms with Gasteiger partial charge in [-0.1, -0.05) is 27.2 Å². The molecule has 1 saturated heterocycles. The SMILES string of the molecule is CCC.CCc1ncc(NC2CCOC2)c(C(N)=O)n1. The second kappa shape index (κ2) is 8.47. The maximum atomic E-state index is 11.3. The molecule has 0 aliphatic carbocycles. The third-order valence-electron chi connectivity index (χ3n) is 2.68. The smallest absolute Gasteiger partial charge is 0.269 e. The molecule has 0 saturated carbocycles. The van der Waals surface area contributed by atoms with Gasteiger partial charge < -0.3 is 15.8 Å². The highest BCUT2D eigenvalue weighted by molar-refractivity contribution is 5.96. The number of primary amides is 1. The molecule has 112 valence electrons. The van der Waals surface area contributed by atoms with Crippen LogP contribution in [0.3, 0.4) is 0 Å². The second-order valence-corrected chi connectivity index (χ2v) is 4.68. The number of nitrogens with two attached hydrogens (primary N) is 1. The molecular weight excluding hydrogens is 256 g/mol. The Labute approximate surface area is 120 Å². The molecule has 1 fully saturated rings. The minimum Gasteiger partial charge on any atom is -0.379 e. The molecule has 1 aromatic heterocycles. The molecule has 0 bridgehead atoms. The molecule has 1 atom stereocenters. The van der Waals surface area contributed by atoms with Gasteiger partial charge in [-0.25, -0.2) is 9.97 Å². The average Bonchev–Trinajstić information content (AvgIpc) is 2.93. The predicted octanol–water partition coefficient (Wildman–Crippen LogP) is 1.75. The first-order valence-electron chi connectivity index (χ1n) is 7.12. The van der Waals surface area contributed by atoms with Gasteiger partial charge in [-0.3, -0.25) is 4.79 Å². The van der Waals surface area contributed by atoms with Crippen molar-refractivity contribution < 1.29 is 9.53 Å². The van der Waals surface area contributed by atoms with E-state index in [1.54, 1.807) is 6.20 Å². The zero-order chi connectivity index (χ0) is 15.0. The van der Waals surface area contributed by atoms with E-state index in [1.165, 1.54) is 6.42 Å². The van der Waals surface area contributed by atoms with Crippen LogP contribution in [0.4, 0.5) is 5.69 Å². The molecule has 2 rings (SSSR count). The quantitative estimate of drug-likeness (QED) is 0.877.